The first-order chi connectivity index (χ1) is 11.1. The Morgan fingerprint density at radius 3 is 2.48 bits per heavy atom. The number of halogens is 1. The van der Waals surface area contributed by atoms with Crippen molar-refractivity contribution in [2.24, 2.45) is 0 Å². The minimum Gasteiger partial charge on any atom is -0.408 e. The number of ether oxygens (including phenoxy) is 1. The van der Waals surface area contributed by atoms with E-state index >= 15 is 0 Å². The van der Waals surface area contributed by atoms with Gasteiger partial charge in [-0.25, -0.2) is 4.79 Å². The standard InChI is InChI=1S/C18H12ClNO2S/c19-15-10-3-4-11-16(15)22-18(21)20-17(23)14-9-5-7-12-6-1-2-8-13(12)14/h1-11H,(H,20,21,23). The van der Waals surface area contributed by atoms with Crippen LogP contribution in [0.4, 0.5) is 4.79 Å². The summed E-state index contributed by atoms with van der Waals surface area (Å²) in [6, 6.07) is 20.3. The molecule has 114 valence electrons. The van der Waals surface area contributed by atoms with Crippen molar-refractivity contribution in [1.29, 1.82) is 0 Å². The predicted octanol–water partition coefficient (Wildman–Crippen LogP) is 4.96. The summed E-state index contributed by atoms with van der Waals surface area (Å²) >= 11 is 11.3. The van der Waals surface area contributed by atoms with E-state index in [-0.39, 0.29) is 5.75 Å². The molecule has 0 fully saturated rings. The number of carbonyl (C=O) groups excluding carboxylic acids is 1. The molecule has 0 unspecified atom stereocenters. The number of para-hydroxylation sites is 1. The van der Waals surface area contributed by atoms with Crippen LogP contribution in [0.3, 0.4) is 0 Å². The molecule has 1 amide bonds. The van der Waals surface area contributed by atoms with Gasteiger partial charge in [-0.1, -0.05) is 78.4 Å². The first-order valence-corrected chi connectivity index (χ1v) is 7.69. The minimum absolute atomic E-state index is 0.285. The maximum atomic E-state index is 12.0. The summed E-state index contributed by atoms with van der Waals surface area (Å²) in [4.78, 5) is 12.3. The monoisotopic (exact) mass is 341 g/mol. The fourth-order valence-electron chi connectivity index (χ4n) is 2.24. The highest BCUT2D eigenvalue weighted by atomic mass is 35.5. The Balaban J connectivity index is 1.78. The smallest absolute Gasteiger partial charge is 0.408 e. The van der Waals surface area contributed by atoms with Gasteiger partial charge in [0.15, 0.2) is 5.75 Å². The second kappa shape index (κ2) is 6.77. The molecular weight excluding hydrogens is 330 g/mol. The van der Waals surface area contributed by atoms with E-state index in [1.165, 1.54) is 0 Å². The molecule has 3 aromatic rings. The van der Waals surface area contributed by atoms with E-state index < -0.39 is 6.09 Å². The Hall–Kier alpha value is -2.43. The second-order valence-electron chi connectivity index (χ2n) is 4.80. The zero-order chi connectivity index (χ0) is 16.2. The number of fused-ring (bicyclic) bond motifs is 1. The highest BCUT2D eigenvalue weighted by molar-refractivity contribution is 7.80. The number of rotatable bonds is 2. The molecule has 3 rings (SSSR count). The summed E-state index contributed by atoms with van der Waals surface area (Å²) in [5, 5.41) is 4.96. The van der Waals surface area contributed by atoms with Gasteiger partial charge in [0, 0.05) is 5.56 Å². The fourth-order valence-corrected chi connectivity index (χ4v) is 2.67. The Bertz CT molecular complexity index is 890. The van der Waals surface area contributed by atoms with Crippen LogP contribution in [0.1, 0.15) is 5.56 Å². The third kappa shape index (κ3) is 3.50. The van der Waals surface area contributed by atoms with Gasteiger partial charge < -0.3 is 4.74 Å². The lowest BCUT2D eigenvalue weighted by Crippen LogP contribution is -2.32. The maximum absolute atomic E-state index is 12.0. The van der Waals surface area contributed by atoms with E-state index in [0.717, 1.165) is 16.3 Å². The van der Waals surface area contributed by atoms with Gasteiger partial charge in [0.05, 0.1) is 5.02 Å². The summed E-state index contributed by atoms with van der Waals surface area (Å²) in [5.74, 6) is 0.285. The van der Waals surface area contributed by atoms with E-state index in [1.54, 1.807) is 24.3 Å². The van der Waals surface area contributed by atoms with Crippen LogP contribution in [0, 0.1) is 0 Å². The Kier molecular flexibility index (Phi) is 4.55. The first kappa shape index (κ1) is 15.5. The van der Waals surface area contributed by atoms with Crippen LogP contribution in [0.15, 0.2) is 66.7 Å². The summed E-state index contributed by atoms with van der Waals surface area (Å²) in [6.07, 6.45) is -0.670. The topological polar surface area (TPSA) is 38.3 Å². The normalized spacial score (nSPS) is 10.3. The van der Waals surface area contributed by atoms with Gasteiger partial charge in [-0.15, -0.1) is 0 Å². The molecule has 0 saturated carbocycles. The van der Waals surface area contributed by atoms with Crippen LogP contribution >= 0.6 is 23.8 Å². The summed E-state index contributed by atoms with van der Waals surface area (Å²) in [6.45, 7) is 0. The van der Waals surface area contributed by atoms with E-state index in [4.69, 9.17) is 28.6 Å². The summed E-state index contributed by atoms with van der Waals surface area (Å²) < 4.78 is 5.18. The third-order valence-electron chi connectivity index (χ3n) is 3.29. The van der Waals surface area contributed by atoms with Gasteiger partial charge in [-0.05, 0) is 22.9 Å². The molecule has 0 radical (unpaired) electrons. The molecule has 3 aromatic carbocycles. The quantitative estimate of drug-likeness (QED) is 0.670. The highest BCUT2D eigenvalue weighted by Gasteiger charge is 2.12. The number of amides is 1. The molecule has 0 aliphatic carbocycles. The third-order valence-corrected chi connectivity index (χ3v) is 3.92. The molecular formula is C18H12ClNO2S. The zero-order valence-electron chi connectivity index (χ0n) is 12.0. The van der Waals surface area contributed by atoms with E-state index in [0.29, 0.717) is 10.0 Å². The Morgan fingerprint density at radius 1 is 0.957 bits per heavy atom. The molecule has 5 heteroatoms. The van der Waals surface area contributed by atoms with Crippen molar-refractivity contribution >= 4 is 45.7 Å². The Labute approximate surface area is 143 Å². The molecule has 0 aromatic heterocycles. The molecule has 0 aliphatic rings. The maximum Gasteiger partial charge on any atom is 0.417 e. The number of nitrogens with one attached hydrogen (secondary N) is 1. The lowest BCUT2D eigenvalue weighted by atomic mass is 10.0. The van der Waals surface area contributed by atoms with Gasteiger partial charge in [-0.3, -0.25) is 5.32 Å². The molecule has 23 heavy (non-hydrogen) atoms. The molecule has 1 N–H and O–H groups in total. The average Bonchev–Trinajstić information content (AvgIpc) is 2.56. The van der Waals surface area contributed by atoms with E-state index in [2.05, 4.69) is 5.32 Å². The number of hydrogen-bond acceptors (Lipinski definition) is 3. The van der Waals surface area contributed by atoms with Gasteiger partial charge >= 0.3 is 6.09 Å². The van der Waals surface area contributed by atoms with Crippen LogP contribution in [-0.4, -0.2) is 11.1 Å². The molecule has 0 bridgehead atoms. The van der Waals surface area contributed by atoms with Gasteiger partial charge in [0.2, 0.25) is 0 Å². The molecule has 0 saturated heterocycles. The number of hydrogen-bond donors (Lipinski definition) is 1. The number of benzene rings is 3. The minimum atomic E-state index is -0.670. The van der Waals surface area contributed by atoms with Gasteiger partial charge in [-0.2, -0.15) is 0 Å². The summed E-state index contributed by atoms with van der Waals surface area (Å²) in [5.41, 5.74) is 0.772. The first-order valence-electron chi connectivity index (χ1n) is 6.90. The lowest BCUT2D eigenvalue weighted by Gasteiger charge is -2.10. The molecule has 0 heterocycles. The molecule has 0 atom stereocenters. The Morgan fingerprint density at radius 2 is 1.65 bits per heavy atom. The van der Waals surface area contributed by atoms with Gasteiger partial charge in [0.1, 0.15) is 4.99 Å². The lowest BCUT2D eigenvalue weighted by molar-refractivity contribution is 0.206. The van der Waals surface area contributed by atoms with Crippen LogP contribution in [0.25, 0.3) is 10.8 Å². The van der Waals surface area contributed by atoms with Crippen LogP contribution in [0.2, 0.25) is 5.02 Å². The highest BCUT2D eigenvalue weighted by Crippen LogP contribution is 2.23. The van der Waals surface area contributed by atoms with Crippen molar-refractivity contribution in [3.63, 3.8) is 0 Å². The van der Waals surface area contributed by atoms with Crippen LogP contribution in [-0.2, 0) is 0 Å². The largest absolute Gasteiger partial charge is 0.417 e. The predicted molar refractivity (Wildman–Crippen MR) is 96.3 cm³/mol. The fraction of sp³-hybridized carbons (Fsp3) is 0. The average molecular weight is 342 g/mol. The van der Waals surface area contributed by atoms with Crippen molar-refractivity contribution in [2.75, 3.05) is 0 Å². The number of thiocarbonyl (C=S) groups is 1. The van der Waals surface area contributed by atoms with Crippen LogP contribution < -0.4 is 10.1 Å². The number of carbonyl (C=O) groups is 1. The van der Waals surface area contributed by atoms with Crippen molar-refractivity contribution < 1.29 is 9.53 Å². The van der Waals surface area contributed by atoms with Crippen molar-refractivity contribution in [3.05, 3.63) is 77.3 Å². The SMILES string of the molecule is O=C(NC(=S)c1cccc2ccccc12)Oc1ccccc1Cl. The van der Waals surface area contributed by atoms with Crippen LogP contribution in [0.5, 0.6) is 5.75 Å². The van der Waals surface area contributed by atoms with Gasteiger partial charge in [0.25, 0.3) is 0 Å². The van der Waals surface area contributed by atoms with Crippen molar-refractivity contribution in [1.82, 2.24) is 5.32 Å². The molecule has 3 nitrogen and oxygen atoms in total. The van der Waals surface area contributed by atoms with Crippen molar-refractivity contribution in [2.45, 2.75) is 0 Å². The summed E-state index contributed by atoms with van der Waals surface area (Å²) in [7, 11) is 0. The zero-order valence-corrected chi connectivity index (χ0v) is 13.5. The molecule has 0 aliphatic heterocycles. The van der Waals surface area contributed by atoms with E-state index in [1.807, 2.05) is 42.5 Å². The van der Waals surface area contributed by atoms with Crippen molar-refractivity contribution in [3.8, 4) is 5.75 Å². The van der Waals surface area contributed by atoms with E-state index in [9.17, 15) is 4.79 Å². The second-order valence-corrected chi connectivity index (χ2v) is 5.62. The molecule has 0 spiro atoms.